The quantitative estimate of drug-likeness (QED) is 0.460. The molecule has 0 bridgehead atoms. The van der Waals surface area contributed by atoms with E-state index in [0.29, 0.717) is 29.3 Å². The van der Waals surface area contributed by atoms with E-state index in [1.807, 2.05) is 6.92 Å². The number of fused-ring (bicyclic) bond motifs is 1. The lowest BCUT2D eigenvalue weighted by Crippen LogP contribution is -2.17. The molecule has 0 amide bonds. The minimum absolute atomic E-state index is 0.0250. The van der Waals surface area contributed by atoms with Crippen molar-refractivity contribution < 1.29 is 13.5 Å². The summed E-state index contributed by atoms with van der Waals surface area (Å²) in [5, 5.41) is 4.05. The van der Waals surface area contributed by atoms with Crippen LogP contribution in [0, 0.1) is 11.7 Å². The van der Waals surface area contributed by atoms with E-state index in [1.54, 1.807) is 49.1 Å². The Morgan fingerprint density at radius 1 is 1.29 bits per heavy atom. The molecule has 3 heterocycles. The SMILES string of the molecule is CCOc1ccccc1-n1c(=S)[nH]c(=O)c2c(C(F)F)cc(-c3cn(C)nc3C)nc21. The summed E-state index contributed by atoms with van der Waals surface area (Å²) >= 11 is 5.40. The topological polar surface area (TPSA) is 77.7 Å². The molecule has 0 saturated carbocycles. The molecule has 4 aromatic rings. The van der Waals surface area contributed by atoms with E-state index in [-0.39, 0.29) is 21.5 Å². The molecule has 0 unspecified atom stereocenters. The van der Waals surface area contributed by atoms with Crippen molar-refractivity contribution in [2.75, 3.05) is 6.61 Å². The van der Waals surface area contributed by atoms with Crippen molar-refractivity contribution >= 4 is 23.3 Å². The number of alkyl halides is 2. The van der Waals surface area contributed by atoms with E-state index in [9.17, 15) is 13.6 Å². The van der Waals surface area contributed by atoms with Gasteiger partial charge < -0.3 is 4.74 Å². The van der Waals surface area contributed by atoms with E-state index in [4.69, 9.17) is 17.0 Å². The molecule has 0 aliphatic carbocycles. The molecule has 0 aliphatic rings. The molecule has 0 saturated heterocycles. The molecule has 0 atom stereocenters. The second kappa shape index (κ2) is 8.03. The Morgan fingerprint density at radius 3 is 2.68 bits per heavy atom. The van der Waals surface area contributed by atoms with Crippen LogP contribution < -0.4 is 10.3 Å². The second-order valence-electron chi connectivity index (χ2n) is 6.89. The highest BCUT2D eigenvalue weighted by Crippen LogP contribution is 2.33. The molecule has 4 rings (SSSR count). The molecule has 7 nitrogen and oxygen atoms in total. The van der Waals surface area contributed by atoms with Gasteiger partial charge in [-0.15, -0.1) is 0 Å². The fraction of sp³-hybridized carbons (Fsp3) is 0.238. The highest BCUT2D eigenvalue weighted by Gasteiger charge is 2.23. The van der Waals surface area contributed by atoms with Crippen LogP contribution in [0.3, 0.4) is 0 Å². The minimum atomic E-state index is -2.89. The zero-order chi connectivity index (χ0) is 22.3. The molecule has 10 heteroatoms. The first-order valence-corrected chi connectivity index (χ1v) is 9.93. The third-order valence-corrected chi connectivity index (χ3v) is 5.11. The largest absolute Gasteiger partial charge is 0.492 e. The number of rotatable bonds is 5. The molecule has 160 valence electrons. The van der Waals surface area contributed by atoms with Crippen LogP contribution in [0.5, 0.6) is 5.75 Å². The summed E-state index contributed by atoms with van der Waals surface area (Å²) in [6.07, 6.45) is -1.20. The van der Waals surface area contributed by atoms with Gasteiger partial charge in [0, 0.05) is 24.4 Å². The summed E-state index contributed by atoms with van der Waals surface area (Å²) < 4.78 is 36.9. The molecule has 1 aromatic carbocycles. The third-order valence-electron chi connectivity index (χ3n) is 4.82. The van der Waals surface area contributed by atoms with Gasteiger partial charge in [0.1, 0.15) is 5.75 Å². The number of aryl methyl sites for hydroxylation is 2. The normalized spacial score (nSPS) is 11.4. The Labute approximate surface area is 180 Å². The van der Waals surface area contributed by atoms with Crippen LogP contribution in [-0.2, 0) is 7.05 Å². The first-order chi connectivity index (χ1) is 14.8. The van der Waals surface area contributed by atoms with Crippen LogP contribution in [0.4, 0.5) is 8.78 Å². The molecular formula is C21H19F2N5O2S. The highest BCUT2D eigenvalue weighted by molar-refractivity contribution is 7.71. The average molecular weight is 443 g/mol. The first-order valence-electron chi connectivity index (χ1n) is 9.52. The van der Waals surface area contributed by atoms with E-state index >= 15 is 0 Å². The Hall–Kier alpha value is -3.40. The molecule has 1 N–H and O–H groups in total. The maximum Gasteiger partial charge on any atom is 0.264 e. The maximum atomic E-state index is 14.1. The number of aromatic nitrogens is 5. The van der Waals surface area contributed by atoms with Crippen LogP contribution in [0.1, 0.15) is 24.6 Å². The lowest BCUT2D eigenvalue weighted by molar-refractivity contribution is 0.153. The Balaban J connectivity index is 2.17. The summed E-state index contributed by atoms with van der Waals surface area (Å²) in [6, 6.07) is 8.24. The van der Waals surface area contributed by atoms with Gasteiger partial charge in [-0.2, -0.15) is 5.10 Å². The lowest BCUT2D eigenvalue weighted by atomic mass is 10.1. The molecule has 3 aromatic heterocycles. The number of halogens is 2. The van der Waals surface area contributed by atoms with Crippen molar-refractivity contribution in [3.05, 3.63) is 62.9 Å². The van der Waals surface area contributed by atoms with Gasteiger partial charge in [-0.3, -0.25) is 19.0 Å². The fourth-order valence-corrected chi connectivity index (χ4v) is 3.84. The number of hydrogen-bond acceptors (Lipinski definition) is 5. The zero-order valence-electron chi connectivity index (χ0n) is 17.0. The van der Waals surface area contributed by atoms with Crippen LogP contribution in [-0.4, -0.2) is 30.9 Å². The van der Waals surface area contributed by atoms with Gasteiger partial charge >= 0.3 is 0 Å². The fourth-order valence-electron chi connectivity index (χ4n) is 3.56. The van der Waals surface area contributed by atoms with E-state index in [0.717, 1.165) is 0 Å². The van der Waals surface area contributed by atoms with E-state index in [2.05, 4.69) is 15.1 Å². The van der Waals surface area contributed by atoms with Crippen molar-refractivity contribution in [3.63, 3.8) is 0 Å². The molecule has 0 spiro atoms. The monoisotopic (exact) mass is 443 g/mol. The lowest BCUT2D eigenvalue weighted by Gasteiger charge is -2.16. The van der Waals surface area contributed by atoms with Crippen LogP contribution in [0.2, 0.25) is 0 Å². The number of hydrogen-bond donors (Lipinski definition) is 1. The second-order valence-corrected chi connectivity index (χ2v) is 7.28. The smallest absolute Gasteiger partial charge is 0.264 e. The summed E-state index contributed by atoms with van der Waals surface area (Å²) in [4.78, 5) is 19.8. The molecule has 0 fully saturated rings. The maximum absolute atomic E-state index is 14.1. The zero-order valence-corrected chi connectivity index (χ0v) is 17.8. The van der Waals surface area contributed by atoms with Crippen molar-refractivity contribution in [3.8, 4) is 22.7 Å². The van der Waals surface area contributed by atoms with E-state index in [1.165, 1.54) is 10.6 Å². The predicted molar refractivity (Wildman–Crippen MR) is 116 cm³/mol. The number of nitrogens with zero attached hydrogens (tertiary/aromatic N) is 4. The van der Waals surface area contributed by atoms with Gasteiger partial charge in [0.05, 0.1) is 29.1 Å². The Kier molecular flexibility index (Phi) is 5.40. The van der Waals surface area contributed by atoms with Crippen LogP contribution in [0.15, 0.2) is 41.3 Å². The Morgan fingerprint density at radius 2 is 2.03 bits per heavy atom. The van der Waals surface area contributed by atoms with Gasteiger partial charge in [0.25, 0.3) is 12.0 Å². The molecule has 0 aliphatic heterocycles. The number of ether oxygens (including phenoxy) is 1. The Bertz CT molecular complexity index is 1410. The van der Waals surface area contributed by atoms with Gasteiger partial charge in [-0.25, -0.2) is 13.8 Å². The van der Waals surface area contributed by atoms with Crippen LogP contribution >= 0.6 is 12.2 Å². The number of pyridine rings is 1. The highest BCUT2D eigenvalue weighted by atomic mass is 32.1. The molecule has 0 radical (unpaired) electrons. The van der Waals surface area contributed by atoms with Gasteiger partial charge in [0.2, 0.25) is 0 Å². The van der Waals surface area contributed by atoms with Crippen molar-refractivity contribution in [2.24, 2.45) is 7.05 Å². The summed E-state index contributed by atoms with van der Waals surface area (Å²) in [7, 11) is 1.73. The third kappa shape index (κ3) is 3.63. The number of nitrogens with one attached hydrogen (secondary N) is 1. The van der Waals surface area contributed by atoms with Crippen LogP contribution in [0.25, 0.3) is 28.0 Å². The minimum Gasteiger partial charge on any atom is -0.492 e. The van der Waals surface area contributed by atoms with Crippen molar-refractivity contribution in [2.45, 2.75) is 20.3 Å². The van der Waals surface area contributed by atoms with Gasteiger partial charge in [0.15, 0.2) is 10.4 Å². The summed E-state index contributed by atoms with van der Waals surface area (Å²) in [6.45, 7) is 3.98. The number of aromatic amines is 1. The van der Waals surface area contributed by atoms with E-state index < -0.39 is 17.5 Å². The standard InChI is InChI=1S/C21H19F2N5O2S/c1-4-30-16-8-6-5-7-15(16)28-19-17(20(29)25-21(28)31)12(18(22)23)9-14(24-19)13-10-27(3)26-11(13)2/h5-10,18H,4H2,1-3H3,(H,25,29,31). The van der Waals surface area contributed by atoms with Crippen molar-refractivity contribution in [1.29, 1.82) is 0 Å². The first kappa shape index (κ1) is 20.9. The number of H-pyrrole nitrogens is 1. The van der Waals surface area contributed by atoms with Gasteiger partial charge in [-0.1, -0.05) is 12.1 Å². The number of para-hydroxylation sites is 2. The number of benzene rings is 1. The predicted octanol–water partition coefficient (Wildman–Crippen LogP) is 4.49. The van der Waals surface area contributed by atoms with Crippen molar-refractivity contribution in [1.82, 2.24) is 24.3 Å². The summed E-state index contributed by atoms with van der Waals surface area (Å²) in [5.74, 6) is 0.484. The van der Waals surface area contributed by atoms with Gasteiger partial charge in [-0.05, 0) is 44.3 Å². The summed E-state index contributed by atoms with van der Waals surface area (Å²) in [5.41, 5.74) is 0.849. The molecule has 31 heavy (non-hydrogen) atoms. The molecular weight excluding hydrogens is 424 g/mol. The average Bonchev–Trinajstić information content (AvgIpc) is 3.06.